The van der Waals surface area contributed by atoms with E-state index in [0.717, 1.165) is 5.06 Å². The highest BCUT2D eigenvalue weighted by atomic mass is 79.9. The van der Waals surface area contributed by atoms with Gasteiger partial charge >= 0.3 is 0 Å². The molecule has 0 saturated carbocycles. The van der Waals surface area contributed by atoms with E-state index in [4.69, 9.17) is 10.9 Å². The third-order valence-corrected chi connectivity index (χ3v) is 1.30. The smallest absolute Gasteiger partial charge is 0.139 e. The van der Waals surface area contributed by atoms with Gasteiger partial charge in [0, 0.05) is 6.21 Å². The summed E-state index contributed by atoms with van der Waals surface area (Å²) in [6.45, 7) is 0. The summed E-state index contributed by atoms with van der Waals surface area (Å²) in [5.74, 6) is 0. The van der Waals surface area contributed by atoms with Gasteiger partial charge in [0.2, 0.25) is 0 Å². The van der Waals surface area contributed by atoms with Crippen molar-refractivity contribution < 1.29 is 5.21 Å². The molecule has 50 valence electrons. The van der Waals surface area contributed by atoms with Crippen LogP contribution < -0.4 is 5.73 Å². The third-order valence-electron chi connectivity index (χ3n) is 0.895. The summed E-state index contributed by atoms with van der Waals surface area (Å²) in [7, 11) is 0. The van der Waals surface area contributed by atoms with Gasteiger partial charge in [0.15, 0.2) is 0 Å². The number of nitrogens with two attached hydrogens (primary N) is 1. The Bertz CT molecular complexity index is 167. The molecule has 1 rings (SSSR count). The van der Waals surface area contributed by atoms with Gasteiger partial charge in [-0.2, -0.15) is 0 Å². The molecule has 0 aromatic carbocycles. The van der Waals surface area contributed by atoms with Gasteiger partial charge < -0.3 is 5.73 Å². The van der Waals surface area contributed by atoms with Crippen molar-refractivity contribution in [3.63, 3.8) is 0 Å². The first-order valence-corrected chi connectivity index (χ1v) is 3.14. The zero-order valence-corrected chi connectivity index (χ0v) is 6.12. The van der Waals surface area contributed by atoms with Crippen LogP contribution in [0.25, 0.3) is 0 Å². The van der Waals surface area contributed by atoms with E-state index in [1.54, 1.807) is 0 Å². The first-order chi connectivity index (χ1) is 4.20. The van der Waals surface area contributed by atoms with Crippen LogP contribution in [0, 0.1) is 0 Å². The molecule has 5 heteroatoms. The summed E-state index contributed by atoms with van der Waals surface area (Å²) in [4.78, 5) is 3.79. The standard InChI is InChI=1S/C4H6BrN3O/c5-3-2-8(9)4(6)1-7-3/h1-2,4,9H,6H2. The van der Waals surface area contributed by atoms with E-state index in [1.807, 2.05) is 0 Å². The van der Waals surface area contributed by atoms with Crippen LogP contribution in [0.4, 0.5) is 0 Å². The molecule has 0 radical (unpaired) electrons. The van der Waals surface area contributed by atoms with E-state index in [2.05, 4.69) is 20.9 Å². The zero-order chi connectivity index (χ0) is 6.85. The van der Waals surface area contributed by atoms with Crippen molar-refractivity contribution in [1.29, 1.82) is 0 Å². The molecule has 3 N–H and O–H groups in total. The predicted octanol–water partition coefficient (Wildman–Crippen LogP) is 0.241. The molecular weight excluding hydrogens is 186 g/mol. The fourth-order valence-electron chi connectivity index (χ4n) is 0.444. The van der Waals surface area contributed by atoms with E-state index in [-0.39, 0.29) is 0 Å². The summed E-state index contributed by atoms with van der Waals surface area (Å²) < 4.78 is 0.562. The maximum absolute atomic E-state index is 8.86. The van der Waals surface area contributed by atoms with E-state index in [1.165, 1.54) is 12.4 Å². The van der Waals surface area contributed by atoms with Gasteiger partial charge in [-0.3, -0.25) is 5.21 Å². The van der Waals surface area contributed by atoms with Crippen molar-refractivity contribution in [2.45, 2.75) is 6.17 Å². The van der Waals surface area contributed by atoms with Crippen LogP contribution in [-0.2, 0) is 0 Å². The monoisotopic (exact) mass is 191 g/mol. The molecule has 0 aliphatic carbocycles. The molecule has 1 aliphatic heterocycles. The number of rotatable bonds is 0. The van der Waals surface area contributed by atoms with Crippen LogP contribution in [0.3, 0.4) is 0 Å². The molecule has 0 saturated heterocycles. The number of hydroxylamine groups is 2. The highest BCUT2D eigenvalue weighted by Gasteiger charge is 2.09. The molecule has 4 nitrogen and oxygen atoms in total. The molecule has 0 amide bonds. The Kier molecular flexibility index (Phi) is 1.84. The van der Waals surface area contributed by atoms with Crippen molar-refractivity contribution in [1.82, 2.24) is 5.06 Å². The Morgan fingerprint density at radius 3 is 3.00 bits per heavy atom. The van der Waals surface area contributed by atoms with Crippen LogP contribution in [0.2, 0.25) is 0 Å². The van der Waals surface area contributed by atoms with Crippen LogP contribution in [0.1, 0.15) is 0 Å². The molecule has 1 atom stereocenters. The largest absolute Gasteiger partial charge is 0.305 e. The lowest BCUT2D eigenvalue weighted by Gasteiger charge is -2.19. The van der Waals surface area contributed by atoms with Crippen LogP contribution in [0.5, 0.6) is 0 Å². The van der Waals surface area contributed by atoms with Crippen molar-refractivity contribution in [2.24, 2.45) is 10.7 Å². The zero-order valence-electron chi connectivity index (χ0n) is 4.53. The van der Waals surface area contributed by atoms with Gasteiger partial charge in [0.05, 0.1) is 6.20 Å². The second-order valence-corrected chi connectivity index (χ2v) is 2.41. The minimum absolute atomic E-state index is 0.522. The summed E-state index contributed by atoms with van der Waals surface area (Å²) in [5, 5.41) is 9.73. The number of halogens is 1. The van der Waals surface area contributed by atoms with Crippen molar-refractivity contribution in [3.05, 3.63) is 10.8 Å². The normalized spacial score (nSPS) is 26.3. The number of hydrogen-bond donors (Lipinski definition) is 2. The fourth-order valence-corrected chi connectivity index (χ4v) is 0.772. The third kappa shape index (κ3) is 1.51. The Morgan fingerprint density at radius 2 is 2.56 bits per heavy atom. The fraction of sp³-hybridized carbons (Fsp3) is 0.250. The topological polar surface area (TPSA) is 61.8 Å². The van der Waals surface area contributed by atoms with Crippen LogP contribution in [0.15, 0.2) is 15.8 Å². The molecule has 9 heavy (non-hydrogen) atoms. The molecule has 0 spiro atoms. The first-order valence-electron chi connectivity index (χ1n) is 2.34. The second kappa shape index (κ2) is 2.47. The average molecular weight is 192 g/mol. The summed E-state index contributed by atoms with van der Waals surface area (Å²) in [6, 6.07) is 0. The van der Waals surface area contributed by atoms with Gasteiger partial charge in [0.25, 0.3) is 0 Å². The van der Waals surface area contributed by atoms with Crippen LogP contribution >= 0.6 is 15.9 Å². The molecule has 1 aliphatic rings. The molecule has 0 bridgehead atoms. The van der Waals surface area contributed by atoms with Gasteiger partial charge in [0.1, 0.15) is 10.8 Å². The van der Waals surface area contributed by atoms with E-state index in [0.29, 0.717) is 4.61 Å². The first kappa shape index (κ1) is 6.73. The van der Waals surface area contributed by atoms with Gasteiger partial charge in [-0.25, -0.2) is 10.1 Å². The maximum Gasteiger partial charge on any atom is 0.139 e. The molecular formula is C4H6BrN3O. The lowest BCUT2D eigenvalue weighted by atomic mass is 10.5. The SMILES string of the molecule is NC1C=NC(Br)=CN1O. The Balaban J connectivity index is 2.70. The Hall–Kier alpha value is -0.390. The van der Waals surface area contributed by atoms with Crippen molar-refractivity contribution in [2.75, 3.05) is 0 Å². The Labute approximate surface area is 60.7 Å². The van der Waals surface area contributed by atoms with E-state index in [9.17, 15) is 0 Å². The number of nitrogens with zero attached hydrogens (tertiary/aromatic N) is 2. The summed E-state index contributed by atoms with van der Waals surface area (Å²) >= 11 is 3.06. The van der Waals surface area contributed by atoms with Crippen molar-refractivity contribution >= 4 is 22.1 Å². The predicted molar refractivity (Wildman–Crippen MR) is 37.1 cm³/mol. The molecule has 1 unspecified atom stereocenters. The lowest BCUT2D eigenvalue weighted by Crippen LogP contribution is -2.39. The molecule has 0 aromatic heterocycles. The lowest BCUT2D eigenvalue weighted by molar-refractivity contribution is -0.0570. The van der Waals surface area contributed by atoms with Gasteiger partial charge in [-0.1, -0.05) is 0 Å². The number of aliphatic imine (C=N–C) groups is 1. The number of hydrogen-bond acceptors (Lipinski definition) is 4. The Morgan fingerprint density at radius 1 is 1.89 bits per heavy atom. The van der Waals surface area contributed by atoms with E-state index >= 15 is 0 Å². The second-order valence-electron chi connectivity index (χ2n) is 1.60. The van der Waals surface area contributed by atoms with Gasteiger partial charge in [-0.05, 0) is 15.9 Å². The molecule has 0 aromatic rings. The minimum atomic E-state index is -0.522. The summed E-state index contributed by atoms with van der Waals surface area (Å²) in [5.41, 5.74) is 5.30. The van der Waals surface area contributed by atoms with E-state index < -0.39 is 6.17 Å². The average Bonchev–Trinajstić information content (AvgIpc) is 1.80. The summed E-state index contributed by atoms with van der Waals surface area (Å²) in [6.07, 6.45) is 2.31. The highest BCUT2D eigenvalue weighted by molar-refractivity contribution is 9.11. The van der Waals surface area contributed by atoms with Gasteiger partial charge in [-0.15, -0.1) is 0 Å². The maximum atomic E-state index is 8.86. The van der Waals surface area contributed by atoms with Crippen LogP contribution in [-0.4, -0.2) is 22.7 Å². The minimum Gasteiger partial charge on any atom is -0.305 e. The molecule has 1 heterocycles. The molecule has 0 fully saturated rings. The van der Waals surface area contributed by atoms with Crippen molar-refractivity contribution in [3.8, 4) is 0 Å². The highest BCUT2D eigenvalue weighted by Crippen LogP contribution is 2.10. The quantitative estimate of drug-likeness (QED) is 0.540.